The molecule has 0 spiro atoms. The molecule has 2 aliphatic carbocycles. The molecule has 2 amide bonds. The summed E-state index contributed by atoms with van der Waals surface area (Å²) in [6.07, 6.45) is 0.835. The minimum Gasteiger partial charge on any atom is -0.497 e. The molecule has 33 heavy (non-hydrogen) atoms. The maximum Gasteiger partial charge on any atom is 0.323 e. The van der Waals surface area contributed by atoms with Crippen LogP contribution in [0.5, 0.6) is 5.75 Å². The highest BCUT2D eigenvalue weighted by atomic mass is 32.2. The Morgan fingerprint density at radius 2 is 1.85 bits per heavy atom. The predicted octanol–water partition coefficient (Wildman–Crippen LogP) is 3.38. The number of methoxy groups -OCH3 is 1. The first-order chi connectivity index (χ1) is 15.8. The van der Waals surface area contributed by atoms with Gasteiger partial charge in [-0.3, -0.25) is 19.3 Å². The van der Waals surface area contributed by atoms with Crippen molar-refractivity contribution in [3.8, 4) is 5.75 Å². The van der Waals surface area contributed by atoms with Gasteiger partial charge in [0.15, 0.2) is 3.95 Å². The van der Waals surface area contributed by atoms with Crippen LogP contribution in [-0.4, -0.2) is 51.3 Å². The van der Waals surface area contributed by atoms with Crippen molar-refractivity contribution in [1.29, 1.82) is 0 Å². The molecule has 7 nitrogen and oxygen atoms in total. The van der Waals surface area contributed by atoms with Crippen LogP contribution in [0, 0.1) is 33.5 Å². The first kappa shape index (κ1) is 21.4. The first-order valence-electron chi connectivity index (χ1n) is 10.9. The summed E-state index contributed by atoms with van der Waals surface area (Å²) in [5, 5.41) is 10.6. The lowest BCUT2D eigenvalue weighted by atomic mass is 9.68. The Hall–Kier alpha value is -2.17. The second-order valence-corrected chi connectivity index (χ2v) is 12.1. The summed E-state index contributed by atoms with van der Waals surface area (Å²) in [7, 11) is 3.63. The molecule has 2 bridgehead atoms. The maximum atomic E-state index is 13.2. The molecular weight excluding hydrogens is 480 g/mol. The van der Waals surface area contributed by atoms with E-state index in [0.29, 0.717) is 0 Å². The van der Waals surface area contributed by atoms with Gasteiger partial charge in [-0.05, 0) is 54.1 Å². The standard InChI is InChI=1S/C23H22N2O5S3/c1-24-22-19(33-23(24)31)14(9-3-5-10(30-2)6-4-9)15-11-7-12(18(15)32-22)17-16(11)20(28)25(21(17)29)8-13(26)27/h3-6,11-12,14-18H,7-8H2,1-2H3,(H,26,27)/t11-,12+,14+,15-,16+,17-,18-/m1/s1. The zero-order chi connectivity index (χ0) is 23.2. The summed E-state index contributed by atoms with van der Waals surface area (Å²) in [6.45, 7) is -0.546. The first-order valence-corrected chi connectivity index (χ1v) is 13.0. The number of carbonyl (C=O) groups is 3. The molecule has 2 aromatic rings. The molecule has 0 radical (unpaired) electrons. The minimum absolute atomic E-state index is 0.0500. The van der Waals surface area contributed by atoms with E-state index in [1.54, 1.807) is 30.2 Å². The SMILES string of the molecule is COc1ccc([C@@H]2c3sc(=S)n(C)c3S[C@@H]3[C@H]4C[C@@H]([C@@H]5C(=O)N(CC(=O)O)C(=O)[C@H]45)[C@H]23)cc1. The lowest BCUT2D eigenvalue weighted by Crippen LogP contribution is -2.43. The Kier molecular flexibility index (Phi) is 4.80. The van der Waals surface area contributed by atoms with Gasteiger partial charge in [-0.1, -0.05) is 12.1 Å². The van der Waals surface area contributed by atoms with Crippen molar-refractivity contribution in [2.24, 2.45) is 36.6 Å². The normalized spacial score (nSPS) is 33.8. The maximum absolute atomic E-state index is 13.2. The number of aliphatic carboxylic acids is 1. The molecule has 0 unspecified atom stereocenters. The van der Waals surface area contributed by atoms with E-state index in [4.69, 9.17) is 17.0 Å². The van der Waals surface area contributed by atoms with Gasteiger partial charge in [0.2, 0.25) is 11.8 Å². The molecule has 10 heteroatoms. The van der Waals surface area contributed by atoms with Gasteiger partial charge in [-0.25, -0.2) is 0 Å². The van der Waals surface area contributed by atoms with Gasteiger partial charge in [0.05, 0.1) is 24.0 Å². The van der Waals surface area contributed by atoms with E-state index < -0.39 is 24.3 Å². The van der Waals surface area contributed by atoms with Crippen molar-refractivity contribution in [2.75, 3.05) is 13.7 Å². The zero-order valence-corrected chi connectivity index (χ0v) is 20.4. The smallest absolute Gasteiger partial charge is 0.323 e. The van der Waals surface area contributed by atoms with Gasteiger partial charge in [0.1, 0.15) is 12.3 Å². The van der Waals surface area contributed by atoms with Crippen LogP contribution in [0.4, 0.5) is 0 Å². The Morgan fingerprint density at radius 1 is 1.18 bits per heavy atom. The Morgan fingerprint density at radius 3 is 2.48 bits per heavy atom. The molecule has 7 atom stereocenters. The highest BCUT2D eigenvalue weighted by Crippen LogP contribution is 2.69. The van der Waals surface area contributed by atoms with Gasteiger partial charge in [-0.15, -0.1) is 23.1 Å². The molecule has 6 rings (SSSR count). The second kappa shape index (κ2) is 7.41. The van der Waals surface area contributed by atoms with Gasteiger partial charge in [0.25, 0.3) is 0 Å². The molecule has 4 aliphatic rings. The summed E-state index contributed by atoms with van der Waals surface area (Å²) >= 11 is 9.04. The van der Waals surface area contributed by atoms with Gasteiger partial charge < -0.3 is 14.4 Å². The van der Waals surface area contributed by atoms with Crippen LogP contribution in [-0.2, 0) is 21.4 Å². The van der Waals surface area contributed by atoms with Crippen molar-refractivity contribution < 1.29 is 24.2 Å². The molecule has 1 aromatic heterocycles. The number of aromatic nitrogens is 1. The Labute approximate surface area is 203 Å². The fourth-order valence-corrected chi connectivity index (χ4v) is 10.2. The highest BCUT2D eigenvalue weighted by molar-refractivity contribution is 8.00. The number of hydrogen-bond donors (Lipinski definition) is 1. The molecule has 1 N–H and O–H groups in total. The van der Waals surface area contributed by atoms with Gasteiger partial charge in [0, 0.05) is 23.1 Å². The number of benzene rings is 1. The number of rotatable bonds is 4. The summed E-state index contributed by atoms with van der Waals surface area (Å²) < 4.78 is 8.24. The number of imide groups is 1. The molecule has 1 aromatic carbocycles. The number of likely N-dealkylation sites (tertiary alicyclic amines) is 1. The number of hydrogen-bond acceptors (Lipinski definition) is 7. The van der Waals surface area contributed by atoms with Gasteiger partial charge in [-0.2, -0.15) is 0 Å². The van der Waals surface area contributed by atoms with E-state index in [1.165, 1.54) is 4.88 Å². The fraction of sp³-hybridized carbons (Fsp3) is 0.478. The fourth-order valence-electron chi connectivity index (χ4n) is 6.72. The van der Waals surface area contributed by atoms with Crippen LogP contribution in [0.25, 0.3) is 0 Å². The van der Waals surface area contributed by atoms with Crippen molar-refractivity contribution in [2.45, 2.75) is 22.6 Å². The molecule has 2 aliphatic heterocycles. The molecule has 172 valence electrons. The number of thioether (sulfide) groups is 1. The summed E-state index contributed by atoms with van der Waals surface area (Å²) in [6, 6.07) is 8.10. The van der Waals surface area contributed by atoms with E-state index in [0.717, 1.165) is 31.6 Å². The summed E-state index contributed by atoms with van der Waals surface area (Å²) in [4.78, 5) is 39.9. The number of nitrogens with zero attached hydrogens (tertiary/aromatic N) is 2. The van der Waals surface area contributed by atoms with E-state index in [-0.39, 0.29) is 40.7 Å². The van der Waals surface area contributed by atoms with Crippen LogP contribution in [0.2, 0.25) is 0 Å². The largest absolute Gasteiger partial charge is 0.497 e. The molecule has 2 saturated carbocycles. The van der Waals surface area contributed by atoms with Gasteiger partial charge >= 0.3 is 5.97 Å². The second-order valence-electron chi connectivity index (χ2n) is 9.28. The summed E-state index contributed by atoms with van der Waals surface area (Å²) in [5.74, 6) is -1.40. The van der Waals surface area contributed by atoms with E-state index >= 15 is 0 Å². The number of amides is 2. The molecular formula is C23H22N2O5S3. The van der Waals surface area contributed by atoms with Crippen LogP contribution in [0.1, 0.15) is 22.8 Å². The van der Waals surface area contributed by atoms with Crippen molar-refractivity contribution in [1.82, 2.24) is 9.47 Å². The third kappa shape index (κ3) is 2.86. The van der Waals surface area contributed by atoms with E-state index in [1.807, 2.05) is 19.2 Å². The number of ether oxygens (including phenoxy) is 1. The Balaban J connectivity index is 1.46. The molecule has 3 heterocycles. The van der Waals surface area contributed by atoms with Crippen LogP contribution in [0.15, 0.2) is 29.3 Å². The van der Waals surface area contributed by atoms with E-state index in [2.05, 4.69) is 16.7 Å². The Bertz CT molecular complexity index is 1250. The van der Waals surface area contributed by atoms with Crippen LogP contribution < -0.4 is 4.74 Å². The average Bonchev–Trinajstić information content (AvgIpc) is 3.50. The van der Waals surface area contributed by atoms with E-state index in [9.17, 15) is 19.5 Å². The third-order valence-corrected chi connectivity index (χ3v) is 11.3. The van der Waals surface area contributed by atoms with Crippen LogP contribution in [0.3, 0.4) is 0 Å². The van der Waals surface area contributed by atoms with Crippen molar-refractivity contribution >= 4 is 53.1 Å². The predicted molar refractivity (Wildman–Crippen MR) is 125 cm³/mol. The number of carboxylic acid groups (broad SMARTS) is 1. The summed E-state index contributed by atoms with van der Waals surface area (Å²) in [5.41, 5.74) is 1.16. The highest BCUT2D eigenvalue weighted by Gasteiger charge is 2.69. The zero-order valence-electron chi connectivity index (χ0n) is 18.0. The third-order valence-electron chi connectivity index (χ3n) is 7.92. The molecule has 3 fully saturated rings. The lowest BCUT2D eigenvalue weighted by Gasteiger charge is -2.43. The van der Waals surface area contributed by atoms with Crippen LogP contribution >= 0.6 is 35.3 Å². The lowest BCUT2D eigenvalue weighted by molar-refractivity contribution is -0.149. The quantitative estimate of drug-likeness (QED) is 0.506. The number of thiazole rings is 1. The monoisotopic (exact) mass is 502 g/mol. The number of fused-ring (bicyclic) bond motifs is 9. The number of carbonyl (C=O) groups excluding carboxylic acids is 2. The average molecular weight is 503 g/mol. The van der Waals surface area contributed by atoms with Crippen molar-refractivity contribution in [3.63, 3.8) is 0 Å². The molecule has 1 saturated heterocycles. The number of carboxylic acids is 1. The van der Waals surface area contributed by atoms with Crippen molar-refractivity contribution in [3.05, 3.63) is 38.7 Å². The minimum atomic E-state index is -1.15. The topological polar surface area (TPSA) is 88.8 Å².